The van der Waals surface area contributed by atoms with Crippen LogP contribution in [0.25, 0.3) is 0 Å². The van der Waals surface area contributed by atoms with E-state index in [-0.39, 0.29) is 6.54 Å². The second-order valence-corrected chi connectivity index (χ2v) is 2.25. The Kier molecular flexibility index (Phi) is 2.79. The zero-order valence-corrected chi connectivity index (χ0v) is 6.47. The van der Waals surface area contributed by atoms with E-state index in [0.717, 1.165) is 0 Å². The summed E-state index contributed by atoms with van der Waals surface area (Å²) in [6.45, 7) is -0.203. The van der Waals surface area contributed by atoms with Gasteiger partial charge in [0.05, 0.1) is 12.2 Å². The lowest BCUT2D eigenvalue weighted by Gasteiger charge is -2.12. The average Bonchev–Trinajstić information content (AvgIpc) is 2.17. The first-order valence-electron chi connectivity index (χ1n) is 3.52. The van der Waals surface area contributed by atoms with Gasteiger partial charge in [-0.2, -0.15) is 5.06 Å². The van der Waals surface area contributed by atoms with E-state index >= 15 is 0 Å². The van der Waals surface area contributed by atoms with Crippen molar-refractivity contribution < 1.29 is 10.0 Å². The molecule has 0 saturated heterocycles. The first-order chi connectivity index (χ1) is 5.75. The molecule has 0 heterocycles. The highest BCUT2D eigenvalue weighted by Gasteiger charge is 2.09. The SMILES string of the molecule is NCC(=O)N(O)c1ccccc1. The summed E-state index contributed by atoms with van der Waals surface area (Å²) < 4.78 is 0. The Morgan fingerprint density at radius 1 is 1.42 bits per heavy atom. The molecule has 3 N–H and O–H groups in total. The van der Waals surface area contributed by atoms with Gasteiger partial charge < -0.3 is 5.73 Å². The number of hydrogen-bond acceptors (Lipinski definition) is 3. The van der Waals surface area contributed by atoms with E-state index in [2.05, 4.69) is 0 Å². The van der Waals surface area contributed by atoms with Crippen molar-refractivity contribution in [1.82, 2.24) is 0 Å². The summed E-state index contributed by atoms with van der Waals surface area (Å²) >= 11 is 0. The average molecular weight is 166 g/mol. The number of carbonyl (C=O) groups is 1. The molecule has 0 aliphatic carbocycles. The van der Waals surface area contributed by atoms with Crippen molar-refractivity contribution in [2.45, 2.75) is 0 Å². The highest BCUT2D eigenvalue weighted by atomic mass is 16.5. The van der Waals surface area contributed by atoms with Crippen LogP contribution in [0.3, 0.4) is 0 Å². The molecular weight excluding hydrogens is 156 g/mol. The number of nitrogens with two attached hydrogens (primary N) is 1. The molecule has 1 aromatic rings. The first-order valence-corrected chi connectivity index (χ1v) is 3.52. The van der Waals surface area contributed by atoms with Crippen LogP contribution in [0.2, 0.25) is 0 Å². The highest BCUT2D eigenvalue weighted by Crippen LogP contribution is 2.09. The Morgan fingerprint density at radius 3 is 2.50 bits per heavy atom. The number of hydroxylamine groups is 1. The molecule has 1 amide bonds. The van der Waals surface area contributed by atoms with E-state index in [1.54, 1.807) is 30.3 Å². The zero-order chi connectivity index (χ0) is 8.97. The zero-order valence-electron chi connectivity index (χ0n) is 6.47. The number of nitrogens with zero attached hydrogens (tertiary/aromatic N) is 1. The molecule has 0 unspecified atom stereocenters. The van der Waals surface area contributed by atoms with Crippen LogP contribution in [0.15, 0.2) is 30.3 Å². The quantitative estimate of drug-likeness (QED) is 0.492. The number of para-hydroxylation sites is 1. The summed E-state index contributed by atoms with van der Waals surface area (Å²) in [5.74, 6) is -0.527. The van der Waals surface area contributed by atoms with Gasteiger partial charge in [-0.05, 0) is 12.1 Å². The van der Waals surface area contributed by atoms with Gasteiger partial charge in [0.15, 0.2) is 0 Å². The first kappa shape index (κ1) is 8.70. The normalized spacial score (nSPS) is 9.50. The Morgan fingerprint density at radius 2 is 2.00 bits per heavy atom. The molecular formula is C8H10N2O2. The van der Waals surface area contributed by atoms with Gasteiger partial charge in [0.2, 0.25) is 0 Å². The number of amides is 1. The van der Waals surface area contributed by atoms with Crippen molar-refractivity contribution in [2.75, 3.05) is 11.6 Å². The maximum absolute atomic E-state index is 10.9. The van der Waals surface area contributed by atoms with Crippen LogP contribution in [-0.2, 0) is 4.79 Å². The Balaban J connectivity index is 2.78. The molecule has 64 valence electrons. The largest absolute Gasteiger partial charge is 0.322 e. The lowest BCUT2D eigenvalue weighted by atomic mass is 10.3. The lowest BCUT2D eigenvalue weighted by molar-refractivity contribution is -0.122. The molecule has 4 nitrogen and oxygen atoms in total. The van der Waals surface area contributed by atoms with Crippen LogP contribution in [0, 0.1) is 0 Å². The minimum Gasteiger partial charge on any atom is -0.322 e. The molecule has 1 aromatic carbocycles. The minimum atomic E-state index is -0.527. The van der Waals surface area contributed by atoms with Gasteiger partial charge >= 0.3 is 0 Å². The van der Waals surface area contributed by atoms with Crippen LogP contribution >= 0.6 is 0 Å². The number of benzene rings is 1. The molecule has 0 aromatic heterocycles. The summed E-state index contributed by atoms with van der Waals surface area (Å²) in [5, 5.41) is 9.73. The van der Waals surface area contributed by atoms with Crippen LogP contribution < -0.4 is 10.8 Å². The van der Waals surface area contributed by atoms with Crippen molar-refractivity contribution in [3.05, 3.63) is 30.3 Å². The summed E-state index contributed by atoms with van der Waals surface area (Å²) in [6, 6.07) is 8.48. The van der Waals surface area contributed by atoms with Crippen molar-refractivity contribution in [1.29, 1.82) is 0 Å². The third kappa shape index (κ3) is 1.81. The van der Waals surface area contributed by atoms with E-state index in [4.69, 9.17) is 5.73 Å². The summed E-state index contributed by atoms with van der Waals surface area (Å²) in [7, 11) is 0. The van der Waals surface area contributed by atoms with Crippen molar-refractivity contribution in [3.8, 4) is 0 Å². The van der Waals surface area contributed by atoms with Crippen LogP contribution in [0.1, 0.15) is 0 Å². The summed E-state index contributed by atoms with van der Waals surface area (Å²) in [6.07, 6.45) is 0. The molecule has 0 bridgehead atoms. The van der Waals surface area contributed by atoms with Gasteiger partial charge in [0, 0.05) is 0 Å². The Hall–Kier alpha value is -1.39. The van der Waals surface area contributed by atoms with Crippen molar-refractivity contribution >= 4 is 11.6 Å². The second kappa shape index (κ2) is 3.85. The smallest absolute Gasteiger partial charge is 0.264 e. The highest BCUT2D eigenvalue weighted by molar-refractivity contribution is 5.92. The van der Waals surface area contributed by atoms with Gasteiger partial charge in [0.1, 0.15) is 0 Å². The van der Waals surface area contributed by atoms with E-state index in [1.807, 2.05) is 0 Å². The monoisotopic (exact) mass is 166 g/mol. The van der Waals surface area contributed by atoms with Gasteiger partial charge in [-0.25, -0.2) is 0 Å². The van der Waals surface area contributed by atoms with Gasteiger partial charge in [-0.3, -0.25) is 10.0 Å². The molecule has 0 spiro atoms. The number of rotatable bonds is 2. The fraction of sp³-hybridized carbons (Fsp3) is 0.125. The molecule has 4 heteroatoms. The summed E-state index contributed by atoms with van der Waals surface area (Å²) in [4.78, 5) is 10.9. The van der Waals surface area contributed by atoms with E-state index in [0.29, 0.717) is 10.8 Å². The maximum Gasteiger partial charge on any atom is 0.264 e. The van der Waals surface area contributed by atoms with Crippen LogP contribution in [0.4, 0.5) is 5.69 Å². The van der Waals surface area contributed by atoms with Crippen LogP contribution in [-0.4, -0.2) is 17.7 Å². The molecule has 0 atom stereocenters. The minimum absolute atomic E-state index is 0.203. The van der Waals surface area contributed by atoms with Gasteiger partial charge in [-0.15, -0.1) is 0 Å². The maximum atomic E-state index is 10.9. The molecule has 0 aliphatic heterocycles. The lowest BCUT2D eigenvalue weighted by Crippen LogP contribution is -2.32. The molecule has 0 saturated carbocycles. The topological polar surface area (TPSA) is 66.6 Å². The van der Waals surface area contributed by atoms with Crippen molar-refractivity contribution in [3.63, 3.8) is 0 Å². The van der Waals surface area contributed by atoms with E-state index < -0.39 is 5.91 Å². The van der Waals surface area contributed by atoms with Crippen LogP contribution in [0.5, 0.6) is 0 Å². The van der Waals surface area contributed by atoms with Crippen molar-refractivity contribution in [2.24, 2.45) is 5.73 Å². The third-order valence-electron chi connectivity index (χ3n) is 1.41. The molecule has 0 fully saturated rings. The number of anilines is 1. The summed E-state index contributed by atoms with van der Waals surface area (Å²) in [5.41, 5.74) is 5.48. The molecule has 1 rings (SSSR count). The van der Waals surface area contributed by atoms with E-state index in [9.17, 15) is 10.0 Å². The third-order valence-corrected chi connectivity index (χ3v) is 1.41. The van der Waals surface area contributed by atoms with E-state index in [1.165, 1.54) is 0 Å². The predicted octanol–water partition coefficient (Wildman–Crippen LogP) is 0.367. The molecule has 12 heavy (non-hydrogen) atoms. The number of hydrogen-bond donors (Lipinski definition) is 2. The molecule has 0 radical (unpaired) electrons. The predicted molar refractivity (Wildman–Crippen MR) is 44.8 cm³/mol. The standard InChI is InChI=1S/C8H10N2O2/c9-6-8(11)10(12)7-4-2-1-3-5-7/h1-5,12H,6,9H2. The Labute approximate surface area is 70.2 Å². The Bertz CT molecular complexity index is 261. The van der Waals surface area contributed by atoms with Gasteiger partial charge in [-0.1, -0.05) is 18.2 Å². The fourth-order valence-corrected chi connectivity index (χ4v) is 0.800. The molecule has 0 aliphatic rings. The second-order valence-electron chi connectivity index (χ2n) is 2.25. The fourth-order valence-electron chi connectivity index (χ4n) is 0.800. The number of carbonyl (C=O) groups excluding carboxylic acids is 1. The van der Waals surface area contributed by atoms with Gasteiger partial charge in [0.25, 0.3) is 5.91 Å².